The molecule has 2 aromatic carbocycles. The Morgan fingerprint density at radius 2 is 1.55 bits per heavy atom. The van der Waals surface area contributed by atoms with Crippen LogP contribution in [0.2, 0.25) is 0 Å². The minimum Gasteiger partial charge on any atom is -0.377 e. The first-order valence-corrected chi connectivity index (χ1v) is 12.4. The molecule has 0 heterocycles. The quantitative estimate of drug-likeness (QED) is 0.275. The number of carbonyl (C=O) groups excluding carboxylic acids is 1. The Kier molecular flexibility index (Phi) is 9.73. The maximum absolute atomic E-state index is 12.3. The fourth-order valence-electron chi connectivity index (χ4n) is 5.06. The second-order valence-corrected chi connectivity index (χ2v) is 9.82. The molecule has 0 N–H and O–H groups in total. The Morgan fingerprint density at radius 1 is 0.921 bits per heavy atom. The summed E-state index contributed by atoms with van der Waals surface area (Å²) >= 11 is 0. The first kappa shape index (κ1) is 29.4. The number of benzene rings is 2. The molecule has 0 bridgehead atoms. The molecule has 1 saturated carbocycles. The molecule has 4 nitrogen and oxygen atoms in total. The zero-order chi connectivity index (χ0) is 27.9. The highest BCUT2D eigenvalue weighted by Crippen LogP contribution is 2.38. The summed E-state index contributed by atoms with van der Waals surface area (Å²) in [7, 11) is 2.15. The second kappa shape index (κ2) is 12.6. The van der Waals surface area contributed by atoms with E-state index in [9.17, 15) is 36.0 Å². The van der Waals surface area contributed by atoms with Crippen molar-refractivity contribution < 1.29 is 31.1 Å². The lowest BCUT2D eigenvalue weighted by molar-refractivity contribution is -0.143. The van der Waals surface area contributed by atoms with E-state index in [2.05, 4.69) is 47.5 Å². The Morgan fingerprint density at radius 3 is 2.08 bits per heavy atom. The molecule has 206 valence electrons. The third-order valence-electron chi connectivity index (χ3n) is 6.93. The van der Waals surface area contributed by atoms with Crippen LogP contribution in [0.1, 0.15) is 66.7 Å². The lowest BCUT2D eigenvalue weighted by Crippen LogP contribution is -2.28. The first-order chi connectivity index (χ1) is 17.9. The molecule has 4 rings (SSSR count). The van der Waals surface area contributed by atoms with Crippen LogP contribution in [0.3, 0.4) is 0 Å². The van der Waals surface area contributed by atoms with Crippen LogP contribution in [-0.4, -0.2) is 24.3 Å². The largest absolute Gasteiger partial charge is 0.416 e. The van der Waals surface area contributed by atoms with Crippen molar-refractivity contribution in [2.24, 2.45) is 11.1 Å². The summed E-state index contributed by atoms with van der Waals surface area (Å²) in [5.74, 6) is 1.77. The number of rotatable bonds is 6. The Bertz CT molecular complexity index is 1100. The van der Waals surface area contributed by atoms with Crippen LogP contribution in [0, 0.1) is 10.8 Å². The van der Waals surface area contributed by atoms with Crippen molar-refractivity contribution >= 4 is 5.78 Å². The summed E-state index contributed by atoms with van der Waals surface area (Å²) in [6.07, 6.45) is -1.05. The van der Waals surface area contributed by atoms with Gasteiger partial charge in [-0.05, 0) is 66.8 Å². The maximum atomic E-state index is 12.3. The van der Waals surface area contributed by atoms with Gasteiger partial charge < -0.3 is 4.90 Å². The number of nitrogens with zero attached hydrogens (tertiary/aromatic N) is 2. The molecule has 2 atom stereocenters. The van der Waals surface area contributed by atoms with Crippen LogP contribution in [0.15, 0.2) is 65.5 Å². The van der Waals surface area contributed by atoms with E-state index in [1.807, 2.05) is 6.08 Å². The van der Waals surface area contributed by atoms with Crippen molar-refractivity contribution in [1.82, 2.24) is 4.90 Å². The van der Waals surface area contributed by atoms with E-state index >= 15 is 0 Å². The summed E-state index contributed by atoms with van der Waals surface area (Å²) in [4.78, 5) is 23.6. The molecule has 0 radical (unpaired) electrons. The summed E-state index contributed by atoms with van der Waals surface area (Å²) in [6.45, 7) is 0.357. The molecule has 2 aliphatic carbocycles. The lowest BCUT2D eigenvalue weighted by Gasteiger charge is -2.33. The van der Waals surface area contributed by atoms with Gasteiger partial charge in [-0.1, -0.05) is 41.9 Å². The number of carbonyl (C=O) groups is 1. The normalized spacial score (nSPS) is 19.9. The summed E-state index contributed by atoms with van der Waals surface area (Å²) in [6, 6.07) is 11.9. The number of allylic oxidation sites excluding steroid dienone is 2. The van der Waals surface area contributed by atoms with Crippen molar-refractivity contribution in [3.63, 3.8) is 0 Å². The van der Waals surface area contributed by atoms with E-state index in [1.165, 1.54) is 36.9 Å². The number of halogens is 6. The molecule has 0 saturated heterocycles. The molecule has 1 fully saturated rings. The fraction of sp³-hybridized carbons (Fsp3) is 0.464. The van der Waals surface area contributed by atoms with Gasteiger partial charge in [-0.15, -0.1) is 0 Å². The summed E-state index contributed by atoms with van der Waals surface area (Å²) < 4.78 is 73.8. The van der Waals surface area contributed by atoms with E-state index in [0.717, 1.165) is 24.8 Å². The van der Waals surface area contributed by atoms with Crippen LogP contribution < -0.4 is 0 Å². The van der Waals surface area contributed by atoms with Gasteiger partial charge in [-0.25, -0.2) is 0 Å². The molecule has 38 heavy (non-hydrogen) atoms. The molecule has 2 aliphatic rings. The van der Waals surface area contributed by atoms with Crippen molar-refractivity contribution in [2.75, 3.05) is 13.6 Å². The molecule has 10 heteroatoms. The topological polar surface area (TPSA) is 49.7 Å². The van der Waals surface area contributed by atoms with Gasteiger partial charge in [0.2, 0.25) is 0 Å². The highest BCUT2D eigenvalue weighted by molar-refractivity contribution is 5.92. The van der Waals surface area contributed by atoms with E-state index in [-0.39, 0.29) is 6.07 Å². The monoisotopic (exact) mass is 540 g/mol. The Hall–Kier alpha value is -3.17. The molecule has 2 aromatic rings. The molecule has 0 aromatic heterocycles. The molecule has 0 amide bonds. The van der Waals surface area contributed by atoms with E-state index in [0.29, 0.717) is 24.3 Å². The van der Waals surface area contributed by atoms with Crippen molar-refractivity contribution in [1.29, 1.82) is 0 Å². The highest BCUT2D eigenvalue weighted by atomic mass is 19.4. The van der Waals surface area contributed by atoms with Crippen LogP contribution >= 0.6 is 0 Å². The fourth-order valence-corrected chi connectivity index (χ4v) is 5.06. The van der Waals surface area contributed by atoms with Gasteiger partial charge in [-0.2, -0.15) is 31.2 Å². The predicted octanol–water partition coefficient (Wildman–Crippen LogP) is 8.13. The van der Waals surface area contributed by atoms with Crippen LogP contribution in [0.5, 0.6) is 0 Å². The van der Waals surface area contributed by atoms with Gasteiger partial charge in [0.05, 0.1) is 11.1 Å². The highest BCUT2D eigenvalue weighted by Gasteiger charge is 2.36. The van der Waals surface area contributed by atoms with Gasteiger partial charge in [0.1, 0.15) is 6.54 Å². The van der Waals surface area contributed by atoms with E-state index in [4.69, 9.17) is 0 Å². The first-order valence-electron chi connectivity index (χ1n) is 12.4. The zero-order valence-corrected chi connectivity index (χ0v) is 21.0. The average molecular weight is 541 g/mol. The number of hydrogen-bond acceptors (Lipinski definition) is 4. The summed E-state index contributed by atoms with van der Waals surface area (Å²) in [5.41, 5.74) is -0.596. The number of hydrogen-bond donors (Lipinski definition) is 0. The molecule has 2 unspecified atom stereocenters. The third kappa shape index (κ3) is 8.43. The zero-order valence-electron chi connectivity index (χ0n) is 21.0. The van der Waals surface area contributed by atoms with E-state index in [1.54, 1.807) is 0 Å². The molecular weight excluding hydrogens is 510 g/mol. The second-order valence-electron chi connectivity index (χ2n) is 9.82. The van der Waals surface area contributed by atoms with Crippen LogP contribution in [-0.2, 0) is 23.7 Å². The standard InChI is InChI=1S/C19H25NO.C9H5F6NO/c1-20(18-10-11-19(21)13-18)14-15-6-5-9-17(12-15)16-7-3-2-4-8-16;10-8(11,12)6-1-5(4-16-17)2-7(3-6)9(13,14)15/h2-4,7-8,13,15,17H,5-6,9-12,14H2,1H3;1-3H,4H2. The van der Waals surface area contributed by atoms with E-state index < -0.39 is 35.6 Å². The minimum atomic E-state index is -4.90. The predicted molar refractivity (Wildman–Crippen MR) is 132 cm³/mol. The smallest absolute Gasteiger partial charge is 0.377 e. The summed E-state index contributed by atoms with van der Waals surface area (Å²) in [5, 5.41) is 2.27. The van der Waals surface area contributed by atoms with Crippen molar-refractivity contribution in [3.05, 3.63) is 87.5 Å². The minimum absolute atomic E-state index is 0.00565. The van der Waals surface area contributed by atoms with Crippen molar-refractivity contribution in [3.8, 4) is 0 Å². The number of nitroso groups, excluding NO2 is 1. The van der Waals surface area contributed by atoms with Crippen LogP contribution in [0.4, 0.5) is 26.3 Å². The van der Waals surface area contributed by atoms with Crippen molar-refractivity contribution in [2.45, 2.75) is 63.3 Å². The molecule has 0 spiro atoms. The number of alkyl halides is 6. The third-order valence-corrected chi connectivity index (χ3v) is 6.93. The molecular formula is C28H30F6N2O2. The van der Waals surface area contributed by atoms with Gasteiger partial charge in [0.15, 0.2) is 5.78 Å². The average Bonchev–Trinajstić information content (AvgIpc) is 3.31. The van der Waals surface area contributed by atoms with Crippen LogP contribution in [0.25, 0.3) is 0 Å². The Balaban J connectivity index is 0.000000216. The SMILES string of the molecule is CN(CC1CCCC(c2ccccc2)C1)C1=CC(=O)CC1.O=NCc1cc(C(F)(F)F)cc(C(F)(F)F)c1. The Labute approximate surface area is 217 Å². The van der Waals surface area contributed by atoms with Gasteiger partial charge in [0, 0.05) is 31.8 Å². The van der Waals surface area contributed by atoms with Gasteiger partial charge >= 0.3 is 12.4 Å². The van der Waals surface area contributed by atoms with Gasteiger partial charge in [0.25, 0.3) is 0 Å². The maximum Gasteiger partial charge on any atom is 0.416 e. The number of ketones is 1. The molecule has 0 aliphatic heterocycles. The lowest BCUT2D eigenvalue weighted by atomic mass is 9.78. The van der Waals surface area contributed by atoms with Gasteiger partial charge in [-0.3, -0.25) is 4.79 Å².